The van der Waals surface area contributed by atoms with Gasteiger partial charge in [-0.1, -0.05) is 0 Å². The molecule has 3 aromatic heterocycles. The van der Waals surface area contributed by atoms with Crippen molar-refractivity contribution in [1.29, 1.82) is 0 Å². The zero-order valence-corrected chi connectivity index (χ0v) is 11.2. The predicted molar refractivity (Wildman–Crippen MR) is 70.5 cm³/mol. The molecular weight excluding hydrogens is 317 g/mol. The lowest BCUT2D eigenvalue weighted by atomic mass is 10.2. The van der Waals surface area contributed by atoms with Crippen molar-refractivity contribution in [2.24, 2.45) is 0 Å². The number of aromatic carboxylic acids is 1. The van der Waals surface area contributed by atoms with Gasteiger partial charge in [0, 0.05) is 18.5 Å². The molecule has 0 saturated carbocycles. The summed E-state index contributed by atoms with van der Waals surface area (Å²) in [5.41, 5.74) is -3.17. The molecule has 3 aromatic rings. The number of carboxylic acids is 1. The number of carbonyl (C=O) groups is 1. The van der Waals surface area contributed by atoms with Gasteiger partial charge in [0.1, 0.15) is 11.3 Å². The van der Waals surface area contributed by atoms with Crippen LogP contribution >= 0.6 is 0 Å². The van der Waals surface area contributed by atoms with Crippen LogP contribution in [0.25, 0.3) is 11.3 Å². The fourth-order valence-electron chi connectivity index (χ4n) is 2.17. The van der Waals surface area contributed by atoms with Gasteiger partial charge in [0.05, 0.1) is 6.20 Å². The summed E-state index contributed by atoms with van der Waals surface area (Å²) in [6, 6.07) is 3.75. The second-order valence-electron chi connectivity index (χ2n) is 4.49. The van der Waals surface area contributed by atoms with E-state index in [1.54, 1.807) is 0 Å². The number of rotatable bonds is 2. The Bertz CT molecular complexity index is 974. The molecule has 3 heterocycles. The van der Waals surface area contributed by atoms with Gasteiger partial charge in [0.15, 0.2) is 11.3 Å². The fraction of sp³-hybridized carbons (Fsp3) is 0.0769. The number of halogens is 3. The minimum Gasteiger partial charge on any atom is -0.478 e. The SMILES string of the molecule is O=C(O)c1cnn(-c2cccn3c(=O)ccnc23)c1C(F)(F)F. The minimum absolute atomic E-state index is 0.0782. The molecule has 0 spiro atoms. The summed E-state index contributed by atoms with van der Waals surface area (Å²) >= 11 is 0. The van der Waals surface area contributed by atoms with Crippen LogP contribution < -0.4 is 5.56 Å². The van der Waals surface area contributed by atoms with Crippen LogP contribution in [0, 0.1) is 0 Å². The highest BCUT2D eigenvalue weighted by molar-refractivity contribution is 5.89. The van der Waals surface area contributed by atoms with Crippen molar-refractivity contribution in [3.63, 3.8) is 0 Å². The summed E-state index contributed by atoms with van der Waals surface area (Å²) in [6.07, 6.45) is -1.86. The Hall–Kier alpha value is -3.17. The van der Waals surface area contributed by atoms with Crippen LogP contribution in [0.15, 0.2) is 41.6 Å². The first-order valence-electron chi connectivity index (χ1n) is 6.16. The molecule has 0 aliphatic heterocycles. The minimum atomic E-state index is -4.95. The van der Waals surface area contributed by atoms with Crippen LogP contribution in [-0.4, -0.2) is 30.2 Å². The van der Waals surface area contributed by atoms with Gasteiger partial charge < -0.3 is 5.11 Å². The van der Waals surface area contributed by atoms with E-state index < -0.39 is 29.0 Å². The lowest BCUT2D eigenvalue weighted by molar-refractivity contribution is -0.143. The van der Waals surface area contributed by atoms with Crippen molar-refractivity contribution >= 4 is 11.6 Å². The molecule has 0 aliphatic carbocycles. The third kappa shape index (κ3) is 2.33. The maximum atomic E-state index is 13.3. The summed E-state index contributed by atoms with van der Waals surface area (Å²) in [4.78, 5) is 26.6. The summed E-state index contributed by atoms with van der Waals surface area (Å²) in [5.74, 6) is -1.76. The molecule has 10 heteroatoms. The maximum absolute atomic E-state index is 13.3. The van der Waals surface area contributed by atoms with Crippen molar-refractivity contribution < 1.29 is 23.1 Å². The molecule has 23 heavy (non-hydrogen) atoms. The predicted octanol–water partition coefficient (Wildman–Crippen LogP) is 1.60. The Morgan fingerprint density at radius 1 is 1.26 bits per heavy atom. The van der Waals surface area contributed by atoms with Crippen molar-refractivity contribution in [3.8, 4) is 5.69 Å². The van der Waals surface area contributed by atoms with Crippen LogP contribution in [0.1, 0.15) is 16.1 Å². The topological polar surface area (TPSA) is 89.5 Å². The molecular formula is C13H7F3N4O3. The average Bonchev–Trinajstić information content (AvgIpc) is 2.92. The van der Waals surface area contributed by atoms with E-state index in [1.165, 1.54) is 18.3 Å². The van der Waals surface area contributed by atoms with Crippen molar-refractivity contribution in [2.75, 3.05) is 0 Å². The number of hydrogen-bond donors (Lipinski definition) is 1. The molecule has 118 valence electrons. The molecule has 0 atom stereocenters. The molecule has 0 amide bonds. The largest absolute Gasteiger partial charge is 0.478 e. The summed E-state index contributed by atoms with van der Waals surface area (Å²) in [5, 5.41) is 12.4. The number of aromatic nitrogens is 4. The Labute approximate surface area is 125 Å². The Kier molecular flexibility index (Phi) is 3.17. The van der Waals surface area contributed by atoms with Crippen LogP contribution in [0.2, 0.25) is 0 Å². The number of carboxylic acid groups (broad SMARTS) is 1. The zero-order chi connectivity index (χ0) is 16.8. The standard InChI is InChI=1S/C13H7F3N4O3/c14-13(15,16)10-7(12(22)23)6-18-20(10)8-2-1-5-19-9(21)3-4-17-11(8)19/h1-6H,(H,22,23). The molecule has 0 fully saturated rings. The van der Waals surface area contributed by atoms with Crippen LogP contribution in [0.3, 0.4) is 0 Å². The van der Waals surface area contributed by atoms with Crippen LogP contribution in [0.4, 0.5) is 13.2 Å². The molecule has 0 aliphatic rings. The van der Waals surface area contributed by atoms with Gasteiger partial charge in [-0.25, -0.2) is 14.5 Å². The zero-order valence-electron chi connectivity index (χ0n) is 11.2. The van der Waals surface area contributed by atoms with Crippen LogP contribution in [0.5, 0.6) is 0 Å². The average molecular weight is 324 g/mol. The maximum Gasteiger partial charge on any atom is 0.434 e. The van der Waals surface area contributed by atoms with Gasteiger partial charge >= 0.3 is 12.1 Å². The number of alkyl halides is 3. The fourth-order valence-corrected chi connectivity index (χ4v) is 2.17. The lowest BCUT2D eigenvalue weighted by Crippen LogP contribution is -2.19. The van der Waals surface area contributed by atoms with Gasteiger partial charge in [0.2, 0.25) is 0 Å². The molecule has 1 N–H and O–H groups in total. The third-order valence-corrected chi connectivity index (χ3v) is 3.09. The molecule has 0 aromatic carbocycles. The Balaban J connectivity index is 2.39. The highest BCUT2D eigenvalue weighted by Crippen LogP contribution is 2.34. The summed E-state index contributed by atoms with van der Waals surface area (Å²) < 4.78 is 41.2. The van der Waals surface area contributed by atoms with E-state index in [4.69, 9.17) is 5.11 Å². The van der Waals surface area contributed by atoms with Gasteiger partial charge in [-0.15, -0.1) is 0 Å². The first-order chi connectivity index (χ1) is 10.8. The third-order valence-electron chi connectivity index (χ3n) is 3.09. The van der Waals surface area contributed by atoms with E-state index in [9.17, 15) is 22.8 Å². The highest BCUT2D eigenvalue weighted by atomic mass is 19.4. The number of fused-ring (bicyclic) bond motifs is 1. The second-order valence-corrected chi connectivity index (χ2v) is 4.49. The van der Waals surface area contributed by atoms with E-state index in [0.717, 1.165) is 16.7 Å². The van der Waals surface area contributed by atoms with Gasteiger partial charge in [-0.3, -0.25) is 9.20 Å². The monoisotopic (exact) mass is 324 g/mol. The van der Waals surface area contributed by atoms with E-state index in [2.05, 4.69) is 10.1 Å². The van der Waals surface area contributed by atoms with Gasteiger partial charge in [0.25, 0.3) is 5.56 Å². The van der Waals surface area contributed by atoms with Crippen molar-refractivity contribution in [3.05, 3.63) is 58.4 Å². The molecule has 0 bridgehead atoms. The summed E-state index contributed by atoms with van der Waals surface area (Å²) in [7, 11) is 0. The molecule has 7 nitrogen and oxygen atoms in total. The molecule has 0 unspecified atom stereocenters. The number of hydrogen-bond acceptors (Lipinski definition) is 4. The second kappa shape index (κ2) is 4.93. The van der Waals surface area contributed by atoms with Crippen molar-refractivity contribution in [1.82, 2.24) is 19.2 Å². The highest BCUT2D eigenvalue weighted by Gasteiger charge is 2.41. The van der Waals surface area contributed by atoms with Gasteiger partial charge in [-0.05, 0) is 12.1 Å². The van der Waals surface area contributed by atoms with E-state index in [-0.39, 0.29) is 11.3 Å². The quantitative estimate of drug-likeness (QED) is 0.773. The van der Waals surface area contributed by atoms with E-state index in [0.29, 0.717) is 10.9 Å². The first-order valence-corrected chi connectivity index (χ1v) is 6.16. The molecule has 0 saturated heterocycles. The number of nitrogens with zero attached hydrogens (tertiary/aromatic N) is 4. The van der Waals surface area contributed by atoms with E-state index >= 15 is 0 Å². The smallest absolute Gasteiger partial charge is 0.434 e. The first kappa shape index (κ1) is 14.8. The van der Waals surface area contributed by atoms with Crippen LogP contribution in [-0.2, 0) is 6.18 Å². The molecule has 3 rings (SSSR count). The summed E-state index contributed by atoms with van der Waals surface area (Å²) in [6.45, 7) is 0. The van der Waals surface area contributed by atoms with Crippen molar-refractivity contribution in [2.45, 2.75) is 6.18 Å². The number of pyridine rings is 1. The van der Waals surface area contributed by atoms with E-state index in [1.807, 2.05) is 0 Å². The lowest BCUT2D eigenvalue weighted by Gasteiger charge is -2.13. The Morgan fingerprint density at radius 2 is 2.00 bits per heavy atom. The Morgan fingerprint density at radius 3 is 2.65 bits per heavy atom. The normalized spacial score (nSPS) is 11.8. The van der Waals surface area contributed by atoms with Gasteiger partial charge in [-0.2, -0.15) is 18.3 Å². The molecule has 0 radical (unpaired) electrons.